The highest BCUT2D eigenvalue weighted by atomic mass is 16.5. The Morgan fingerprint density at radius 1 is 1.00 bits per heavy atom. The van der Waals surface area contributed by atoms with Crippen molar-refractivity contribution < 1.29 is 9.53 Å². The first kappa shape index (κ1) is 23.5. The van der Waals surface area contributed by atoms with Gasteiger partial charge in [-0.05, 0) is 31.0 Å². The molecule has 0 aliphatic carbocycles. The van der Waals surface area contributed by atoms with Gasteiger partial charge in [0.05, 0.1) is 7.11 Å². The second kappa shape index (κ2) is 11.0. The van der Waals surface area contributed by atoms with E-state index in [2.05, 4.69) is 29.3 Å². The van der Waals surface area contributed by atoms with Gasteiger partial charge in [0.1, 0.15) is 11.6 Å². The summed E-state index contributed by atoms with van der Waals surface area (Å²) in [6, 6.07) is 18.3. The molecule has 1 aliphatic rings. The molecule has 1 fully saturated rings. The number of nitrogens with zero attached hydrogens (tertiary/aromatic N) is 4. The molecule has 3 aromatic rings. The van der Waals surface area contributed by atoms with Crippen molar-refractivity contribution in [3.8, 4) is 17.1 Å². The lowest BCUT2D eigenvalue weighted by Crippen LogP contribution is -2.52. The van der Waals surface area contributed by atoms with E-state index in [0.717, 1.165) is 65.7 Å². The fraction of sp³-hybridized carbons (Fsp3) is 0.370. The average molecular weight is 460 g/mol. The molecule has 1 aliphatic heterocycles. The molecule has 0 unspecified atom stereocenters. The monoisotopic (exact) mass is 459 g/mol. The number of piperazine rings is 1. The van der Waals surface area contributed by atoms with E-state index in [1.807, 2.05) is 54.3 Å². The van der Waals surface area contributed by atoms with E-state index in [9.17, 15) is 4.79 Å². The van der Waals surface area contributed by atoms with Crippen LogP contribution in [0.2, 0.25) is 0 Å². The van der Waals surface area contributed by atoms with Gasteiger partial charge in [-0.1, -0.05) is 49.4 Å². The second-order valence-corrected chi connectivity index (χ2v) is 8.35. The first-order chi connectivity index (χ1) is 16.6. The summed E-state index contributed by atoms with van der Waals surface area (Å²) in [5, 5.41) is 2.90. The van der Waals surface area contributed by atoms with Crippen LogP contribution in [0, 0.1) is 0 Å². The van der Waals surface area contributed by atoms with Crippen molar-refractivity contribution in [2.45, 2.75) is 26.7 Å². The zero-order chi connectivity index (χ0) is 23.9. The third-order valence-electron chi connectivity index (χ3n) is 6.15. The third-order valence-corrected chi connectivity index (χ3v) is 6.15. The molecular weight excluding hydrogens is 426 g/mol. The van der Waals surface area contributed by atoms with Crippen molar-refractivity contribution in [3.63, 3.8) is 0 Å². The molecule has 7 heteroatoms. The number of methoxy groups -OCH3 is 1. The number of anilines is 1. The summed E-state index contributed by atoms with van der Waals surface area (Å²) in [7, 11) is 1.69. The van der Waals surface area contributed by atoms with Gasteiger partial charge in [0.2, 0.25) is 0 Å². The van der Waals surface area contributed by atoms with E-state index in [1.54, 1.807) is 7.11 Å². The first-order valence-electron chi connectivity index (χ1n) is 12.0. The quantitative estimate of drug-likeness (QED) is 0.575. The number of carbonyl (C=O) groups excluding carboxylic acids is 1. The Morgan fingerprint density at radius 2 is 1.76 bits per heavy atom. The minimum Gasteiger partial charge on any atom is -0.497 e. The lowest BCUT2D eigenvalue weighted by molar-refractivity contribution is 0.195. The zero-order valence-electron chi connectivity index (χ0n) is 20.3. The van der Waals surface area contributed by atoms with Crippen molar-refractivity contribution in [1.82, 2.24) is 20.2 Å². The normalized spacial score (nSPS) is 13.6. The van der Waals surface area contributed by atoms with E-state index in [1.165, 1.54) is 0 Å². The van der Waals surface area contributed by atoms with Gasteiger partial charge in [0, 0.05) is 56.0 Å². The van der Waals surface area contributed by atoms with Crippen molar-refractivity contribution >= 4 is 11.8 Å². The SMILES string of the molecule is CCNC(=O)N1CCN(c2nc(-c3ccccc3)nc(CC)c2Cc2cccc(OC)c2)CC1. The molecule has 0 radical (unpaired) electrons. The molecule has 4 rings (SSSR count). The highest BCUT2D eigenvalue weighted by Crippen LogP contribution is 2.29. The van der Waals surface area contributed by atoms with Crippen LogP contribution >= 0.6 is 0 Å². The number of benzene rings is 2. The molecule has 2 amide bonds. The Labute approximate surface area is 201 Å². The Kier molecular flexibility index (Phi) is 7.62. The van der Waals surface area contributed by atoms with Crippen LogP contribution in [-0.4, -0.2) is 60.7 Å². The molecule has 1 N–H and O–H groups in total. The summed E-state index contributed by atoms with van der Waals surface area (Å²) in [5.74, 6) is 2.55. The molecule has 1 aromatic heterocycles. The number of aryl methyl sites for hydroxylation is 1. The summed E-state index contributed by atoms with van der Waals surface area (Å²) < 4.78 is 5.44. The van der Waals surface area contributed by atoms with E-state index >= 15 is 0 Å². The number of aromatic nitrogens is 2. The minimum atomic E-state index is 0.000614. The van der Waals surface area contributed by atoms with Gasteiger partial charge >= 0.3 is 6.03 Å². The van der Waals surface area contributed by atoms with Gasteiger partial charge in [0.15, 0.2) is 5.82 Å². The van der Waals surface area contributed by atoms with Crippen LogP contribution in [0.4, 0.5) is 10.6 Å². The van der Waals surface area contributed by atoms with Crippen LogP contribution in [0.5, 0.6) is 5.75 Å². The van der Waals surface area contributed by atoms with Crippen LogP contribution < -0.4 is 15.0 Å². The van der Waals surface area contributed by atoms with Crippen LogP contribution in [0.3, 0.4) is 0 Å². The Hall–Kier alpha value is -3.61. The van der Waals surface area contributed by atoms with Crippen molar-refractivity contribution in [1.29, 1.82) is 0 Å². The molecule has 0 spiro atoms. The average Bonchev–Trinajstić information content (AvgIpc) is 2.89. The number of hydrogen-bond acceptors (Lipinski definition) is 5. The van der Waals surface area contributed by atoms with Gasteiger partial charge in [-0.15, -0.1) is 0 Å². The largest absolute Gasteiger partial charge is 0.497 e. The molecule has 2 aromatic carbocycles. The molecule has 7 nitrogen and oxygen atoms in total. The fourth-order valence-corrected chi connectivity index (χ4v) is 4.34. The number of ether oxygens (including phenoxy) is 1. The molecule has 0 atom stereocenters. The molecule has 1 saturated heterocycles. The van der Waals surface area contributed by atoms with Crippen LogP contribution in [-0.2, 0) is 12.8 Å². The number of hydrogen-bond donors (Lipinski definition) is 1. The third kappa shape index (κ3) is 5.30. The Balaban J connectivity index is 1.71. The number of carbonyl (C=O) groups is 1. The molecular formula is C27H33N5O2. The van der Waals surface area contributed by atoms with E-state index in [0.29, 0.717) is 19.6 Å². The van der Waals surface area contributed by atoms with Gasteiger partial charge in [-0.25, -0.2) is 14.8 Å². The molecule has 178 valence electrons. The van der Waals surface area contributed by atoms with Crippen molar-refractivity contribution in [2.24, 2.45) is 0 Å². The summed E-state index contributed by atoms with van der Waals surface area (Å²) in [5.41, 5.74) is 4.36. The number of urea groups is 1. The predicted molar refractivity (Wildman–Crippen MR) is 136 cm³/mol. The lowest BCUT2D eigenvalue weighted by atomic mass is 10.0. The molecule has 0 saturated carbocycles. The van der Waals surface area contributed by atoms with Crippen LogP contribution in [0.1, 0.15) is 30.7 Å². The second-order valence-electron chi connectivity index (χ2n) is 8.35. The molecule has 34 heavy (non-hydrogen) atoms. The van der Waals surface area contributed by atoms with Crippen LogP contribution in [0.25, 0.3) is 11.4 Å². The topological polar surface area (TPSA) is 70.6 Å². The maximum atomic E-state index is 12.3. The first-order valence-corrected chi connectivity index (χ1v) is 12.0. The fourth-order valence-electron chi connectivity index (χ4n) is 4.34. The number of nitrogens with one attached hydrogen (secondary N) is 1. The molecule has 2 heterocycles. The van der Waals surface area contributed by atoms with E-state index in [4.69, 9.17) is 14.7 Å². The highest BCUT2D eigenvalue weighted by molar-refractivity contribution is 5.74. The van der Waals surface area contributed by atoms with Gasteiger partial charge in [0.25, 0.3) is 0 Å². The summed E-state index contributed by atoms with van der Waals surface area (Å²) in [6.45, 7) is 7.51. The Morgan fingerprint density at radius 3 is 2.44 bits per heavy atom. The zero-order valence-corrected chi connectivity index (χ0v) is 20.3. The Bertz CT molecular complexity index is 1110. The standard InChI is InChI=1S/C27H33N5O2/c1-4-24-23(19-20-10-9-13-22(18-20)34-3)26(30-25(29-24)21-11-7-6-8-12-21)31-14-16-32(17-15-31)27(33)28-5-2/h6-13,18H,4-5,14-17,19H2,1-3H3,(H,28,33). The van der Waals surface area contributed by atoms with Gasteiger partial charge < -0.3 is 19.9 Å². The maximum Gasteiger partial charge on any atom is 0.317 e. The lowest BCUT2D eigenvalue weighted by Gasteiger charge is -2.36. The molecule has 0 bridgehead atoms. The smallest absolute Gasteiger partial charge is 0.317 e. The maximum absolute atomic E-state index is 12.3. The van der Waals surface area contributed by atoms with E-state index in [-0.39, 0.29) is 6.03 Å². The van der Waals surface area contributed by atoms with Gasteiger partial charge in [-0.2, -0.15) is 0 Å². The summed E-state index contributed by atoms with van der Waals surface area (Å²) >= 11 is 0. The van der Waals surface area contributed by atoms with Crippen LogP contribution in [0.15, 0.2) is 54.6 Å². The van der Waals surface area contributed by atoms with E-state index < -0.39 is 0 Å². The summed E-state index contributed by atoms with van der Waals surface area (Å²) in [6.07, 6.45) is 1.54. The predicted octanol–water partition coefficient (Wildman–Crippen LogP) is 4.16. The van der Waals surface area contributed by atoms with Crippen molar-refractivity contribution in [3.05, 3.63) is 71.4 Å². The van der Waals surface area contributed by atoms with Gasteiger partial charge in [-0.3, -0.25) is 0 Å². The highest BCUT2D eigenvalue weighted by Gasteiger charge is 2.25. The number of amides is 2. The van der Waals surface area contributed by atoms with Crippen molar-refractivity contribution in [2.75, 3.05) is 44.7 Å². The number of rotatable bonds is 7. The minimum absolute atomic E-state index is 0.000614. The summed E-state index contributed by atoms with van der Waals surface area (Å²) in [4.78, 5) is 26.6.